The van der Waals surface area contributed by atoms with Crippen molar-refractivity contribution < 1.29 is 23.1 Å². The van der Waals surface area contributed by atoms with Crippen LogP contribution in [0.1, 0.15) is 36.5 Å². The van der Waals surface area contributed by atoms with Crippen LogP contribution in [0.15, 0.2) is 89.6 Å². The Hall–Kier alpha value is -4.53. The number of hydrogen-bond acceptors (Lipinski definition) is 5. The van der Waals surface area contributed by atoms with Crippen LogP contribution in [-0.2, 0) is 9.59 Å². The third-order valence-electron chi connectivity index (χ3n) is 6.24. The molecule has 1 heterocycles. The van der Waals surface area contributed by atoms with Gasteiger partial charge >= 0.3 is 6.61 Å². The molecule has 0 radical (unpaired) electrons. The van der Waals surface area contributed by atoms with E-state index in [-0.39, 0.29) is 17.4 Å². The van der Waals surface area contributed by atoms with Crippen molar-refractivity contribution in [2.45, 2.75) is 26.4 Å². The molecular formula is C30H30F2N4O3. The molecule has 0 fully saturated rings. The second-order valence-corrected chi connectivity index (χ2v) is 9.60. The van der Waals surface area contributed by atoms with E-state index in [9.17, 15) is 18.4 Å². The molecule has 202 valence electrons. The largest absolute Gasteiger partial charge is 0.435 e. The number of halogens is 2. The van der Waals surface area contributed by atoms with Gasteiger partial charge in [-0.05, 0) is 47.4 Å². The number of nitrogens with one attached hydrogen (secondary N) is 1. The summed E-state index contributed by atoms with van der Waals surface area (Å²) < 4.78 is 29.5. The molecule has 0 spiro atoms. The normalized spacial score (nSPS) is 15.1. The first-order chi connectivity index (χ1) is 18.6. The molecule has 0 saturated heterocycles. The number of alkyl halides is 2. The number of carbonyl (C=O) groups is 2. The fourth-order valence-corrected chi connectivity index (χ4v) is 4.30. The lowest BCUT2D eigenvalue weighted by Crippen LogP contribution is -2.49. The van der Waals surface area contributed by atoms with E-state index >= 15 is 0 Å². The van der Waals surface area contributed by atoms with Gasteiger partial charge in [0.1, 0.15) is 11.4 Å². The number of anilines is 1. The molecule has 1 N–H and O–H groups in total. The van der Waals surface area contributed by atoms with E-state index < -0.39 is 24.3 Å². The third-order valence-corrected chi connectivity index (χ3v) is 6.24. The number of carbonyl (C=O) groups excluding carboxylic acids is 2. The van der Waals surface area contributed by atoms with Crippen LogP contribution in [0.4, 0.5) is 14.5 Å². The lowest BCUT2D eigenvalue weighted by atomic mass is 9.88. The maximum absolute atomic E-state index is 13.6. The number of amidine groups is 1. The molecule has 0 aliphatic carbocycles. The predicted molar refractivity (Wildman–Crippen MR) is 147 cm³/mol. The number of rotatable bonds is 9. The van der Waals surface area contributed by atoms with Crippen molar-refractivity contribution in [3.63, 3.8) is 0 Å². The molecular weight excluding hydrogens is 502 g/mol. The summed E-state index contributed by atoms with van der Waals surface area (Å²) in [4.78, 5) is 33.6. The molecule has 1 unspecified atom stereocenters. The molecule has 3 aromatic rings. The third kappa shape index (κ3) is 6.49. The Morgan fingerprint density at radius 1 is 0.974 bits per heavy atom. The van der Waals surface area contributed by atoms with Crippen molar-refractivity contribution in [2.24, 2.45) is 10.9 Å². The average Bonchev–Trinajstić information content (AvgIpc) is 3.20. The van der Waals surface area contributed by atoms with Gasteiger partial charge in [0.05, 0.1) is 5.92 Å². The Labute approximate surface area is 226 Å². The first-order valence-electron chi connectivity index (χ1n) is 12.5. The van der Waals surface area contributed by atoms with Crippen LogP contribution in [0.3, 0.4) is 0 Å². The number of amides is 2. The van der Waals surface area contributed by atoms with E-state index in [1.807, 2.05) is 87.4 Å². The number of nitrogens with zero attached hydrogens (tertiary/aromatic N) is 3. The lowest BCUT2D eigenvalue weighted by Gasteiger charge is -2.25. The highest BCUT2D eigenvalue weighted by Gasteiger charge is 2.35. The molecule has 1 aliphatic heterocycles. The van der Waals surface area contributed by atoms with Crippen LogP contribution in [-0.4, -0.2) is 43.4 Å². The number of hydrazine groups is 1. The van der Waals surface area contributed by atoms with Gasteiger partial charge in [-0.3, -0.25) is 15.0 Å². The van der Waals surface area contributed by atoms with Gasteiger partial charge in [-0.25, -0.2) is 4.99 Å². The van der Waals surface area contributed by atoms with Crippen LogP contribution >= 0.6 is 0 Å². The van der Waals surface area contributed by atoms with Gasteiger partial charge < -0.3 is 9.64 Å². The van der Waals surface area contributed by atoms with Crippen molar-refractivity contribution in [1.29, 1.82) is 0 Å². The number of aliphatic imine (C=N–C) groups is 1. The molecule has 0 bridgehead atoms. The SMILES string of the molecule is CC(C)C(C(=O)NN1C(=O)/C(=C/c2ccc(N(C)C)cc2)N=C1c1ccccc1)c1ccc(OC(F)F)cc1. The summed E-state index contributed by atoms with van der Waals surface area (Å²) in [6.45, 7) is 0.799. The maximum atomic E-state index is 13.6. The monoisotopic (exact) mass is 532 g/mol. The van der Waals surface area contributed by atoms with Crippen LogP contribution in [0.2, 0.25) is 0 Å². The molecule has 39 heavy (non-hydrogen) atoms. The number of ether oxygens (including phenoxy) is 1. The quantitative estimate of drug-likeness (QED) is 0.372. The van der Waals surface area contributed by atoms with E-state index in [2.05, 4.69) is 15.2 Å². The zero-order valence-corrected chi connectivity index (χ0v) is 22.1. The molecule has 1 atom stereocenters. The Kier molecular flexibility index (Phi) is 8.39. The number of hydrogen-bond donors (Lipinski definition) is 1. The molecule has 2 amide bonds. The molecule has 4 rings (SSSR count). The minimum absolute atomic E-state index is 0.00160. The minimum atomic E-state index is -2.94. The summed E-state index contributed by atoms with van der Waals surface area (Å²) >= 11 is 0. The highest BCUT2D eigenvalue weighted by molar-refractivity contribution is 6.20. The Morgan fingerprint density at radius 2 is 1.62 bits per heavy atom. The van der Waals surface area contributed by atoms with Gasteiger partial charge in [0.2, 0.25) is 5.91 Å². The van der Waals surface area contributed by atoms with Gasteiger partial charge in [0.25, 0.3) is 5.91 Å². The minimum Gasteiger partial charge on any atom is -0.435 e. The summed E-state index contributed by atoms with van der Waals surface area (Å²) in [6.07, 6.45) is 1.68. The van der Waals surface area contributed by atoms with Crippen LogP contribution in [0.5, 0.6) is 5.75 Å². The van der Waals surface area contributed by atoms with E-state index in [1.165, 1.54) is 17.1 Å². The summed E-state index contributed by atoms with van der Waals surface area (Å²) in [5.74, 6) is -1.43. The van der Waals surface area contributed by atoms with E-state index in [0.29, 0.717) is 17.0 Å². The summed E-state index contributed by atoms with van der Waals surface area (Å²) in [7, 11) is 3.89. The molecule has 9 heteroatoms. The fourth-order valence-electron chi connectivity index (χ4n) is 4.30. The standard InChI is InChI=1S/C30H30F2N4O3/c1-19(2)26(21-12-16-24(17-13-21)39-30(31)32)28(37)34-36-27(22-8-6-5-7-9-22)33-25(29(36)38)18-20-10-14-23(15-11-20)35(3)4/h5-19,26,30H,1-4H3,(H,34,37)/b25-18-. The van der Waals surface area contributed by atoms with Crippen LogP contribution in [0, 0.1) is 5.92 Å². The van der Waals surface area contributed by atoms with Crippen molar-refractivity contribution in [1.82, 2.24) is 10.4 Å². The summed E-state index contributed by atoms with van der Waals surface area (Å²) in [5.41, 5.74) is 6.01. The maximum Gasteiger partial charge on any atom is 0.387 e. The Bertz CT molecular complexity index is 1370. The van der Waals surface area contributed by atoms with Crippen molar-refractivity contribution in [3.8, 4) is 5.75 Å². The van der Waals surface area contributed by atoms with Gasteiger partial charge in [0.15, 0.2) is 5.84 Å². The molecule has 0 saturated carbocycles. The van der Waals surface area contributed by atoms with Gasteiger partial charge in [-0.1, -0.05) is 68.4 Å². The molecule has 3 aromatic carbocycles. The highest BCUT2D eigenvalue weighted by atomic mass is 19.3. The molecule has 7 nitrogen and oxygen atoms in total. The second-order valence-electron chi connectivity index (χ2n) is 9.60. The van der Waals surface area contributed by atoms with Gasteiger partial charge in [0, 0.05) is 25.3 Å². The smallest absolute Gasteiger partial charge is 0.387 e. The summed E-state index contributed by atoms with van der Waals surface area (Å²) in [6, 6.07) is 22.7. The van der Waals surface area contributed by atoms with E-state index in [0.717, 1.165) is 11.3 Å². The highest BCUT2D eigenvalue weighted by Crippen LogP contribution is 2.28. The zero-order valence-electron chi connectivity index (χ0n) is 22.1. The summed E-state index contributed by atoms with van der Waals surface area (Å²) in [5, 5.41) is 1.17. The second kappa shape index (κ2) is 11.9. The first kappa shape index (κ1) is 27.5. The molecule has 0 aromatic heterocycles. The van der Waals surface area contributed by atoms with Crippen LogP contribution in [0.25, 0.3) is 6.08 Å². The number of benzene rings is 3. The van der Waals surface area contributed by atoms with Crippen molar-refractivity contribution in [2.75, 3.05) is 19.0 Å². The zero-order chi connectivity index (χ0) is 28.1. The van der Waals surface area contributed by atoms with E-state index in [4.69, 9.17) is 0 Å². The lowest BCUT2D eigenvalue weighted by molar-refractivity contribution is -0.134. The average molecular weight is 533 g/mol. The van der Waals surface area contributed by atoms with Crippen molar-refractivity contribution >= 4 is 29.4 Å². The van der Waals surface area contributed by atoms with Gasteiger partial charge in [-0.2, -0.15) is 13.8 Å². The predicted octanol–water partition coefficient (Wildman–Crippen LogP) is 5.45. The van der Waals surface area contributed by atoms with Crippen LogP contribution < -0.4 is 15.1 Å². The molecule has 1 aliphatic rings. The topological polar surface area (TPSA) is 74.2 Å². The Morgan fingerprint density at radius 3 is 2.18 bits per heavy atom. The Balaban J connectivity index is 1.63. The van der Waals surface area contributed by atoms with E-state index in [1.54, 1.807) is 18.2 Å². The first-order valence-corrected chi connectivity index (χ1v) is 12.5. The van der Waals surface area contributed by atoms with Gasteiger partial charge in [-0.15, -0.1) is 0 Å². The fraction of sp³-hybridized carbons (Fsp3) is 0.233. The van der Waals surface area contributed by atoms with Crippen molar-refractivity contribution in [3.05, 3.63) is 101 Å².